The quantitative estimate of drug-likeness (QED) is 0.845. The molecule has 0 bridgehead atoms. The van der Waals surface area contributed by atoms with Crippen LogP contribution in [0.1, 0.15) is 30.0 Å². The minimum Gasteiger partial charge on any atom is -0.497 e. The number of rotatable bonds is 6. The molecule has 128 valence electrons. The minimum atomic E-state index is -1.04. The van der Waals surface area contributed by atoms with Crippen LogP contribution in [0.25, 0.3) is 5.69 Å². The maximum atomic E-state index is 12.2. The van der Waals surface area contributed by atoms with E-state index in [9.17, 15) is 9.59 Å². The number of benzene rings is 1. The Bertz CT molecular complexity index is 748. The molecule has 0 aliphatic carbocycles. The van der Waals surface area contributed by atoms with Crippen molar-refractivity contribution in [2.24, 2.45) is 5.41 Å². The number of hydrogen-bond acceptors (Lipinski definition) is 4. The van der Waals surface area contributed by atoms with Crippen molar-refractivity contribution in [3.05, 3.63) is 41.7 Å². The normalized spacial score (nSPS) is 11.2. The number of methoxy groups -OCH3 is 1. The van der Waals surface area contributed by atoms with E-state index in [1.54, 1.807) is 31.7 Å². The lowest BCUT2D eigenvalue weighted by molar-refractivity contribution is -0.146. The number of amides is 1. The number of carboxylic acid groups (broad SMARTS) is 1. The predicted molar refractivity (Wildman–Crippen MR) is 88.6 cm³/mol. The van der Waals surface area contributed by atoms with Gasteiger partial charge in [-0.2, -0.15) is 5.10 Å². The fraction of sp³-hybridized carbons (Fsp3) is 0.353. The second kappa shape index (κ2) is 6.74. The summed E-state index contributed by atoms with van der Waals surface area (Å²) in [4.78, 5) is 23.3. The van der Waals surface area contributed by atoms with Gasteiger partial charge in [-0.05, 0) is 51.1 Å². The molecule has 1 amide bonds. The maximum Gasteiger partial charge on any atom is 0.310 e. The van der Waals surface area contributed by atoms with Crippen LogP contribution in [0.3, 0.4) is 0 Å². The highest BCUT2D eigenvalue weighted by molar-refractivity contribution is 5.92. The van der Waals surface area contributed by atoms with Crippen molar-refractivity contribution in [1.82, 2.24) is 15.1 Å². The predicted octanol–water partition coefficient (Wildman–Crippen LogP) is 2.03. The van der Waals surface area contributed by atoms with Crippen LogP contribution in [0.2, 0.25) is 0 Å². The summed E-state index contributed by atoms with van der Waals surface area (Å²) in [5.74, 6) is -0.639. The number of aliphatic carboxylic acids is 1. The molecule has 0 spiro atoms. The zero-order valence-corrected chi connectivity index (χ0v) is 14.2. The van der Waals surface area contributed by atoms with Crippen LogP contribution in [-0.4, -0.2) is 40.4 Å². The highest BCUT2D eigenvalue weighted by Crippen LogP contribution is 2.17. The first kappa shape index (κ1) is 17.5. The van der Waals surface area contributed by atoms with E-state index in [-0.39, 0.29) is 12.2 Å². The zero-order valence-electron chi connectivity index (χ0n) is 14.2. The molecule has 0 saturated heterocycles. The maximum absolute atomic E-state index is 12.2. The lowest BCUT2D eigenvalue weighted by Gasteiger charge is -2.18. The molecule has 1 aromatic heterocycles. The molecule has 0 fully saturated rings. The molecular weight excluding hydrogens is 310 g/mol. The third-order valence-electron chi connectivity index (χ3n) is 3.71. The van der Waals surface area contributed by atoms with Crippen molar-refractivity contribution in [2.75, 3.05) is 13.7 Å². The molecule has 0 aliphatic heterocycles. The molecule has 7 nitrogen and oxygen atoms in total. The van der Waals surface area contributed by atoms with Crippen LogP contribution in [0, 0.1) is 12.3 Å². The van der Waals surface area contributed by atoms with Crippen LogP contribution in [0.15, 0.2) is 30.3 Å². The van der Waals surface area contributed by atoms with Gasteiger partial charge in [0.2, 0.25) is 0 Å². The Labute approximate surface area is 140 Å². The zero-order chi connectivity index (χ0) is 17.9. The lowest BCUT2D eigenvalue weighted by Crippen LogP contribution is -2.39. The van der Waals surface area contributed by atoms with Crippen molar-refractivity contribution < 1.29 is 19.4 Å². The van der Waals surface area contributed by atoms with Crippen molar-refractivity contribution >= 4 is 11.9 Å². The summed E-state index contributed by atoms with van der Waals surface area (Å²) < 4.78 is 6.77. The molecular formula is C17H21N3O4. The average Bonchev–Trinajstić information content (AvgIpc) is 2.94. The van der Waals surface area contributed by atoms with Gasteiger partial charge in [-0.25, -0.2) is 4.68 Å². The Morgan fingerprint density at radius 1 is 1.29 bits per heavy atom. The first-order valence-electron chi connectivity index (χ1n) is 7.47. The number of carboxylic acids is 1. The molecule has 2 aromatic rings. The molecule has 24 heavy (non-hydrogen) atoms. The summed E-state index contributed by atoms with van der Waals surface area (Å²) in [5.41, 5.74) is 0.800. The first-order chi connectivity index (χ1) is 11.2. The van der Waals surface area contributed by atoms with Gasteiger partial charge in [-0.15, -0.1) is 0 Å². The molecule has 1 aromatic carbocycles. The van der Waals surface area contributed by atoms with Gasteiger partial charge in [-0.1, -0.05) is 0 Å². The molecule has 7 heteroatoms. The van der Waals surface area contributed by atoms with Gasteiger partial charge in [0.15, 0.2) is 5.69 Å². The van der Waals surface area contributed by atoms with Gasteiger partial charge >= 0.3 is 5.97 Å². The molecule has 2 rings (SSSR count). The SMILES string of the molecule is COc1ccc(-n2nc(C(=O)NCC(C)(C)C(=O)O)cc2C)cc1. The summed E-state index contributed by atoms with van der Waals surface area (Å²) in [6.45, 7) is 4.97. The monoisotopic (exact) mass is 331 g/mol. The van der Waals surface area contributed by atoms with Gasteiger partial charge in [0, 0.05) is 12.2 Å². The Kier molecular flexibility index (Phi) is 4.92. The van der Waals surface area contributed by atoms with E-state index in [0.717, 1.165) is 17.1 Å². The van der Waals surface area contributed by atoms with E-state index in [4.69, 9.17) is 9.84 Å². The van der Waals surface area contributed by atoms with Crippen LogP contribution in [-0.2, 0) is 4.79 Å². The van der Waals surface area contributed by atoms with E-state index in [1.165, 1.54) is 0 Å². The van der Waals surface area contributed by atoms with Crippen LogP contribution in [0.5, 0.6) is 5.75 Å². The van der Waals surface area contributed by atoms with Crippen molar-refractivity contribution in [3.63, 3.8) is 0 Å². The number of carbonyl (C=O) groups excluding carboxylic acids is 1. The molecule has 0 aliphatic rings. The van der Waals surface area contributed by atoms with Crippen LogP contribution in [0.4, 0.5) is 0 Å². The van der Waals surface area contributed by atoms with E-state index < -0.39 is 17.3 Å². The second-order valence-electron chi connectivity index (χ2n) is 6.15. The highest BCUT2D eigenvalue weighted by Gasteiger charge is 2.28. The van der Waals surface area contributed by atoms with E-state index >= 15 is 0 Å². The van der Waals surface area contributed by atoms with Gasteiger partial charge in [0.05, 0.1) is 18.2 Å². The second-order valence-corrected chi connectivity index (χ2v) is 6.15. The summed E-state index contributed by atoms with van der Waals surface area (Å²) >= 11 is 0. The van der Waals surface area contributed by atoms with E-state index in [1.807, 2.05) is 31.2 Å². The Morgan fingerprint density at radius 3 is 2.46 bits per heavy atom. The van der Waals surface area contributed by atoms with E-state index in [0.29, 0.717) is 0 Å². The third-order valence-corrected chi connectivity index (χ3v) is 3.71. The largest absolute Gasteiger partial charge is 0.497 e. The number of ether oxygens (including phenoxy) is 1. The summed E-state index contributed by atoms with van der Waals surface area (Å²) in [7, 11) is 1.59. The Morgan fingerprint density at radius 2 is 1.92 bits per heavy atom. The van der Waals surface area contributed by atoms with Gasteiger partial charge in [-0.3, -0.25) is 9.59 Å². The standard InChI is InChI=1S/C17H21N3O4/c1-11-9-14(15(21)18-10-17(2,3)16(22)23)19-20(11)12-5-7-13(24-4)8-6-12/h5-9H,10H2,1-4H3,(H,18,21)(H,22,23). The van der Waals surface area contributed by atoms with Crippen molar-refractivity contribution in [2.45, 2.75) is 20.8 Å². The molecule has 0 atom stereocenters. The fourth-order valence-corrected chi connectivity index (χ4v) is 2.04. The smallest absolute Gasteiger partial charge is 0.310 e. The topological polar surface area (TPSA) is 93.5 Å². The Balaban J connectivity index is 2.15. The summed E-state index contributed by atoms with van der Waals surface area (Å²) in [5, 5.41) is 16.0. The third kappa shape index (κ3) is 3.73. The van der Waals surface area contributed by atoms with Gasteiger partial charge < -0.3 is 15.2 Å². The lowest BCUT2D eigenvalue weighted by atomic mass is 9.94. The van der Waals surface area contributed by atoms with Crippen molar-refractivity contribution in [1.29, 1.82) is 0 Å². The average molecular weight is 331 g/mol. The molecule has 0 saturated carbocycles. The first-order valence-corrected chi connectivity index (χ1v) is 7.47. The molecule has 2 N–H and O–H groups in total. The number of hydrogen-bond donors (Lipinski definition) is 2. The highest BCUT2D eigenvalue weighted by atomic mass is 16.5. The number of carbonyl (C=O) groups is 2. The van der Waals surface area contributed by atoms with Gasteiger partial charge in [0.1, 0.15) is 5.75 Å². The summed E-state index contributed by atoms with van der Waals surface area (Å²) in [6, 6.07) is 8.96. The number of nitrogens with zero attached hydrogens (tertiary/aromatic N) is 2. The van der Waals surface area contributed by atoms with Crippen LogP contribution >= 0.6 is 0 Å². The number of aryl methyl sites for hydroxylation is 1. The molecule has 0 radical (unpaired) electrons. The van der Waals surface area contributed by atoms with E-state index in [2.05, 4.69) is 10.4 Å². The minimum absolute atomic E-state index is 0.0234. The number of aromatic nitrogens is 2. The number of nitrogens with one attached hydrogen (secondary N) is 1. The molecule has 0 unspecified atom stereocenters. The van der Waals surface area contributed by atoms with Gasteiger partial charge in [0.25, 0.3) is 5.91 Å². The Hall–Kier alpha value is -2.83. The van der Waals surface area contributed by atoms with Crippen LogP contribution < -0.4 is 10.1 Å². The molecule has 1 heterocycles. The van der Waals surface area contributed by atoms with Crippen molar-refractivity contribution in [3.8, 4) is 11.4 Å². The fourth-order valence-electron chi connectivity index (χ4n) is 2.04. The summed E-state index contributed by atoms with van der Waals surface area (Å²) in [6.07, 6.45) is 0.